The molecule has 0 aliphatic heterocycles. The van der Waals surface area contributed by atoms with Crippen LogP contribution in [0.2, 0.25) is 0 Å². The summed E-state index contributed by atoms with van der Waals surface area (Å²) in [6.07, 6.45) is 0. The molecule has 0 aromatic carbocycles. The van der Waals surface area contributed by atoms with E-state index in [-0.39, 0.29) is 6.04 Å². The highest BCUT2D eigenvalue weighted by Crippen LogP contribution is 2.24. The maximum absolute atomic E-state index is 5.69. The minimum Gasteiger partial charge on any atom is -0.327 e. The number of hydrogen-bond donors (Lipinski definition) is 1. The van der Waals surface area contributed by atoms with Gasteiger partial charge in [0.1, 0.15) is 5.51 Å². The van der Waals surface area contributed by atoms with Crippen molar-refractivity contribution in [3.63, 3.8) is 0 Å². The van der Waals surface area contributed by atoms with E-state index in [1.54, 1.807) is 28.6 Å². The van der Waals surface area contributed by atoms with Crippen molar-refractivity contribution >= 4 is 23.1 Å². The van der Waals surface area contributed by atoms with Crippen molar-refractivity contribution in [2.75, 3.05) is 0 Å². The summed E-state index contributed by atoms with van der Waals surface area (Å²) in [7, 11) is 0. The highest BCUT2D eigenvalue weighted by atomic mass is 32.2. The van der Waals surface area contributed by atoms with E-state index in [4.69, 9.17) is 5.73 Å². The van der Waals surface area contributed by atoms with Gasteiger partial charge in [-0.2, -0.15) is 0 Å². The van der Waals surface area contributed by atoms with Crippen molar-refractivity contribution in [1.29, 1.82) is 0 Å². The Morgan fingerprint density at radius 2 is 2.36 bits per heavy atom. The fourth-order valence-corrected chi connectivity index (χ4v) is 2.19. The molecule has 0 aliphatic rings. The minimum atomic E-state index is 0.198. The standard InChI is InChI=1S/C6H11N3S2/c1-4(7)5(2)11-6-9-8-3-10-6/h3-5H,7H2,1-2H3. The largest absolute Gasteiger partial charge is 0.327 e. The van der Waals surface area contributed by atoms with Crippen LogP contribution < -0.4 is 5.73 Å². The normalized spacial score (nSPS) is 16.3. The molecule has 3 nitrogen and oxygen atoms in total. The maximum atomic E-state index is 5.69. The van der Waals surface area contributed by atoms with Gasteiger partial charge in [-0.1, -0.05) is 30.0 Å². The Labute approximate surface area is 74.4 Å². The molecular formula is C6H11N3S2. The molecule has 0 saturated carbocycles. The number of nitrogens with zero attached hydrogens (tertiary/aromatic N) is 2. The van der Waals surface area contributed by atoms with E-state index in [1.165, 1.54) is 0 Å². The van der Waals surface area contributed by atoms with Crippen molar-refractivity contribution in [1.82, 2.24) is 10.2 Å². The van der Waals surface area contributed by atoms with E-state index in [2.05, 4.69) is 17.1 Å². The Kier molecular flexibility index (Phi) is 3.29. The molecule has 1 aromatic rings. The number of nitrogens with two attached hydrogens (primary N) is 1. The second-order valence-electron chi connectivity index (χ2n) is 2.39. The van der Waals surface area contributed by atoms with Gasteiger partial charge in [0.25, 0.3) is 0 Å². The van der Waals surface area contributed by atoms with Gasteiger partial charge in [0, 0.05) is 11.3 Å². The smallest absolute Gasteiger partial charge is 0.174 e. The summed E-state index contributed by atoms with van der Waals surface area (Å²) in [6, 6.07) is 0.198. The monoisotopic (exact) mass is 189 g/mol. The van der Waals surface area contributed by atoms with Crippen molar-refractivity contribution in [2.24, 2.45) is 5.73 Å². The zero-order valence-electron chi connectivity index (χ0n) is 6.52. The molecule has 1 heterocycles. The summed E-state index contributed by atoms with van der Waals surface area (Å²) < 4.78 is 0.995. The van der Waals surface area contributed by atoms with E-state index >= 15 is 0 Å². The van der Waals surface area contributed by atoms with Crippen molar-refractivity contribution < 1.29 is 0 Å². The van der Waals surface area contributed by atoms with Crippen molar-refractivity contribution in [3.8, 4) is 0 Å². The second kappa shape index (κ2) is 4.04. The van der Waals surface area contributed by atoms with E-state index < -0.39 is 0 Å². The third-order valence-electron chi connectivity index (χ3n) is 1.37. The van der Waals surface area contributed by atoms with Crippen LogP contribution in [0.3, 0.4) is 0 Å². The Hall–Kier alpha value is -0.130. The Balaban J connectivity index is 2.43. The molecule has 2 N–H and O–H groups in total. The number of aromatic nitrogens is 2. The molecule has 0 spiro atoms. The van der Waals surface area contributed by atoms with Gasteiger partial charge in [0.2, 0.25) is 0 Å². The van der Waals surface area contributed by atoms with Crippen molar-refractivity contribution in [2.45, 2.75) is 29.5 Å². The van der Waals surface area contributed by atoms with Gasteiger partial charge in [-0.3, -0.25) is 0 Å². The summed E-state index contributed by atoms with van der Waals surface area (Å²) in [4.78, 5) is 0. The van der Waals surface area contributed by atoms with Gasteiger partial charge in [0.05, 0.1) is 0 Å². The number of rotatable bonds is 3. The highest BCUT2D eigenvalue weighted by Gasteiger charge is 2.10. The van der Waals surface area contributed by atoms with Crippen LogP contribution >= 0.6 is 23.1 Å². The Morgan fingerprint density at radius 1 is 1.64 bits per heavy atom. The first-order valence-corrected chi connectivity index (χ1v) is 5.14. The van der Waals surface area contributed by atoms with E-state index in [9.17, 15) is 0 Å². The summed E-state index contributed by atoms with van der Waals surface area (Å²) in [6.45, 7) is 4.09. The molecule has 0 fully saturated rings. The van der Waals surface area contributed by atoms with Crippen molar-refractivity contribution in [3.05, 3.63) is 5.51 Å². The van der Waals surface area contributed by atoms with Gasteiger partial charge in [-0.05, 0) is 6.92 Å². The first-order valence-electron chi connectivity index (χ1n) is 3.38. The number of thioether (sulfide) groups is 1. The zero-order chi connectivity index (χ0) is 8.27. The van der Waals surface area contributed by atoms with Crippen LogP contribution in [-0.4, -0.2) is 21.5 Å². The SMILES string of the molecule is CC(N)C(C)Sc1nncs1. The summed E-state index contributed by atoms with van der Waals surface area (Å²) in [5.74, 6) is 0. The third kappa shape index (κ3) is 2.76. The zero-order valence-corrected chi connectivity index (χ0v) is 8.15. The molecule has 1 aromatic heterocycles. The predicted molar refractivity (Wildman–Crippen MR) is 48.9 cm³/mol. The maximum Gasteiger partial charge on any atom is 0.174 e. The fraction of sp³-hybridized carbons (Fsp3) is 0.667. The van der Waals surface area contributed by atoms with E-state index in [0.29, 0.717) is 5.25 Å². The lowest BCUT2D eigenvalue weighted by Crippen LogP contribution is -2.26. The Morgan fingerprint density at radius 3 is 2.82 bits per heavy atom. The topological polar surface area (TPSA) is 51.8 Å². The minimum absolute atomic E-state index is 0.198. The van der Waals surface area contributed by atoms with Crippen LogP contribution in [0.15, 0.2) is 9.85 Å². The molecule has 0 saturated heterocycles. The highest BCUT2D eigenvalue weighted by molar-refractivity contribution is 8.01. The first kappa shape index (κ1) is 8.96. The van der Waals surface area contributed by atoms with Crippen LogP contribution in [0.4, 0.5) is 0 Å². The van der Waals surface area contributed by atoms with E-state index in [0.717, 1.165) is 4.34 Å². The lowest BCUT2D eigenvalue weighted by Gasteiger charge is -2.11. The molecular weight excluding hydrogens is 178 g/mol. The molecule has 0 amide bonds. The van der Waals surface area contributed by atoms with Crippen LogP contribution in [0.5, 0.6) is 0 Å². The molecule has 1 rings (SSSR count). The molecule has 0 aliphatic carbocycles. The molecule has 0 radical (unpaired) electrons. The average Bonchev–Trinajstić information content (AvgIpc) is 2.39. The molecule has 5 heteroatoms. The van der Waals surface area contributed by atoms with E-state index in [1.807, 2.05) is 6.92 Å². The molecule has 2 atom stereocenters. The quantitative estimate of drug-likeness (QED) is 0.730. The van der Waals surface area contributed by atoms with Gasteiger partial charge in [0.15, 0.2) is 4.34 Å². The average molecular weight is 189 g/mol. The fourth-order valence-electron chi connectivity index (χ4n) is 0.481. The molecule has 62 valence electrons. The van der Waals surface area contributed by atoms with Crippen LogP contribution in [0, 0.1) is 0 Å². The lowest BCUT2D eigenvalue weighted by atomic mass is 10.3. The number of hydrogen-bond acceptors (Lipinski definition) is 5. The summed E-state index contributed by atoms with van der Waals surface area (Å²) in [5.41, 5.74) is 7.42. The molecule has 11 heavy (non-hydrogen) atoms. The lowest BCUT2D eigenvalue weighted by molar-refractivity contribution is 0.730. The Bertz CT molecular complexity index is 198. The van der Waals surface area contributed by atoms with Crippen LogP contribution in [0.1, 0.15) is 13.8 Å². The predicted octanol–water partition coefficient (Wildman–Crippen LogP) is 1.37. The van der Waals surface area contributed by atoms with Gasteiger partial charge >= 0.3 is 0 Å². The van der Waals surface area contributed by atoms with Crippen LogP contribution in [0.25, 0.3) is 0 Å². The van der Waals surface area contributed by atoms with Gasteiger partial charge in [-0.25, -0.2) is 0 Å². The second-order valence-corrected chi connectivity index (χ2v) is 4.84. The summed E-state index contributed by atoms with van der Waals surface area (Å²) >= 11 is 3.23. The third-order valence-corrected chi connectivity index (χ3v) is 3.51. The molecule has 0 bridgehead atoms. The van der Waals surface area contributed by atoms with Gasteiger partial charge in [-0.15, -0.1) is 10.2 Å². The first-order chi connectivity index (χ1) is 5.20. The summed E-state index contributed by atoms with van der Waals surface area (Å²) in [5, 5.41) is 8.06. The van der Waals surface area contributed by atoms with Crippen LogP contribution in [-0.2, 0) is 0 Å². The molecule has 2 unspecified atom stereocenters. The van der Waals surface area contributed by atoms with Gasteiger partial charge < -0.3 is 5.73 Å².